The summed E-state index contributed by atoms with van der Waals surface area (Å²) in [7, 11) is 0. The molecule has 1 aromatic heterocycles. The summed E-state index contributed by atoms with van der Waals surface area (Å²) >= 11 is 0. The lowest BCUT2D eigenvalue weighted by molar-refractivity contribution is 0.0926. The van der Waals surface area contributed by atoms with Crippen LogP contribution in [0.1, 0.15) is 29.8 Å². The molecule has 2 saturated heterocycles. The highest BCUT2D eigenvalue weighted by atomic mass is 19.1. The molecule has 0 radical (unpaired) electrons. The molecule has 2 aromatic rings. The lowest BCUT2D eigenvalue weighted by Crippen LogP contribution is -2.43. The highest BCUT2D eigenvalue weighted by Gasteiger charge is 2.39. The van der Waals surface area contributed by atoms with Gasteiger partial charge in [0.05, 0.1) is 0 Å². The summed E-state index contributed by atoms with van der Waals surface area (Å²) < 4.78 is 13.3. The first-order valence-electron chi connectivity index (χ1n) is 7.71. The zero-order valence-corrected chi connectivity index (χ0v) is 12.1. The first-order chi connectivity index (χ1) is 10.7. The number of fused-ring (bicyclic) bond motifs is 2. The SMILES string of the molecule is O=C(N[C@@H]1C[C@H]2CC[C@@H]1N2)c1ccc(-c2cccc(F)c2)[nH]1. The minimum absolute atomic E-state index is 0.0954. The molecule has 4 nitrogen and oxygen atoms in total. The molecule has 2 fully saturated rings. The number of hydrogen-bond donors (Lipinski definition) is 3. The molecule has 0 aliphatic carbocycles. The molecule has 4 rings (SSSR count). The Balaban J connectivity index is 1.48. The second kappa shape index (κ2) is 5.25. The predicted octanol–water partition coefficient (Wildman–Crippen LogP) is 2.44. The third kappa shape index (κ3) is 2.41. The van der Waals surface area contributed by atoms with Gasteiger partial charge in [-0.05, 0) is 43.5 Å². The zero-order chi connectivity index (χ0) is 15.1. The molecule has 1 amide bonds. The molecular formula is C17H18FN3O. The third-order valence-corrected chi connectivity index (χ3v) is 4.68. The van der Waals surface area contributed by atoms with Gasteiger partial charge in [0.2, 0.25) is 0 Å². The van der Waals surface area contributed by atoms with Gasteiger partial charge in [0.1, 0.15) is 11.5 Å². The van der Waals surface area contributed by atoms with E-state index in [2.05, 4.69) is 15.6 Å². The van der Waals surface area contributed by atoms with Crippen molar-refractivity contribution in [3.05, 3.63) is 47.9 Å². The van der Waals surface area contributed by atoms with Crippen LogP contribution in [-0.4, -0.2) is 29.0 Å². The van der Waals surface area contributed by atoms with Gasteiger partial charge in [-0.2, -0.15) is 0 Å². The summed E-state index contributed by atoms with van der Waals surface area (Å²) in [5.41, 5.74) is 2.00. The number of carbonyl (C=O) groups excluding carboxylic acids is 1. The number of amides is 1. The Labute approximate surface area is 128 Å². The molecule has 3 N–H and O–H groups in total. The number of aromatic amines is 1. The number of hydrogen-bond acceptors (Lipinski definition) is 2. The van der Waals surface area contributed by atoms with Gasteiger partial charge in [0.15, 0.2) is 0 Å². The van der Waals surface area contributed by atoms with E-state index in [9.17, 15) is 9.18 Å². The number of halogens is 1. The summed E-state index contributed by atoms with van der Waals surface area (Å²) in [5, 5.41) is 6.60. The second-order valence-corrected chi connectivity index (χ2v) is 6.16. The van der Waals surface area contributed by atoms with Crippen molar-refractivity contribution in [3.63, 3.8) is 0 Å². The Kier molecular flexibility index (Phi) is 3.22. The molecule has 1 aromatic carbocycles. The summed E-state index contributed by atoms with van der Waals surface area (Å²) in [4.78, 5) is 15.4. The minimum atomic E-state index is -0.286. The minimum Gasteiger partial charge on any atom is -0.351 e. The maximum atomic E-state index is 13.3. The number of aromatic nitrogens is 1. The van der Waals surface area contributed by atoms with Gasteiger partial charge in [0.25, 0.3) is 5.91 Å². The molecule has 2 aliphatic heterocycles. The first-order valence-corrected chi connectivity index (χ1v) is 7.71. The molecule has 3 atom stereocenters. The van der Waals surface area contributed by atoms with Crippen molar-refractivity contribution in [3.8, 4) is 11.3 Å². The topological polar surface area (TPSA) is 56.9 Å². The fourth-order valence-corrected chi connectivity index (χ4v) is 3.58. The van der Waals surface area contributed by atoms with E-state index in [1.807, 2.05) is 12.1 Å². The van der Waals surface area contributed by atoms with Gasteiger partial charge in [-0.15, -0.1) is 0 Å². The van der Waals surface area contributed by atoms with Crippen LogP contribution in [0, 0.1) is 5.82 Å². The van der Waals surface area contributed by atoms with E-state index in [-0.39, 0.29) is 17.8 Å². The second-order valence-electron chi connectivity index (χ2n) is 6.16. The van der Waals surface area contributed by atoms with Crippen molar-refractivity contribution >= 4 is 5.91 Å². The van der Waals surface area contributed by atoms with E-state index in [1.165, 1.54) is 18.6 Å². The summed E-state index contributed by atoms with van der Waals surface area (Å²) in [5.74, 6) is -0.381. The Morgan fingerprint density at radius 3 is 2.86 bits per heavy atom. The van der Waals surface area contributed by atoms with Crippen LogP contribution in [0.15, 0.2) is 36.4 Å². The summed E-state index contributed by atoms with van der Waals surface area (Å²) in [6.45, 7) is 0. The zero-order valence-electron chi connectivity index (χ0n) is 12.1. The first kappa shape index (κ1) is 13.5. The van der Waals surface area contributed by atoms with Crippen LogP contribution in [0.3, 0.4) is 0 Å². The number of H-pyrrole nitrogens is 1. The Morgan fingerprint density at radius 2 is 2.14 bits per heavy atom. The van der Waals surface area contributed by atoms with Gasteiger partial charge >= 0.3 is 0 Å². The van der Waals surface area contributed by atoms with Crippen molar-refractivity contribution in [1.29, 1.82) is 0 Å². The van der Waals surface area contributed by atoms with Gasteiger partial charge in [-0.25, -0.2) is 4.39 Å². The van der Waals surface area contributed by atoms with Gasteiger partial charge < -0.3 is 15.6 Å². The average molecular weight is 299 g/mol. The van der Waals surface area contributed by atoms with E-state index < -0.39 is 0 Å². The molecule has 5 heteroatoms. The average Bonchev–Trinajstić information content (AvgIpc) is 3.23. The lowest BCUT2D eigenvalue weighted by atomic mass is 9.95. The van der Waals surface area contributed by atoms with Crippen LogP contribution < -0.4 is 10.6 Å². The van der Waals surface area contributed by atoms with Gasteiger partial charge in [-0.1, -0.05) is 12.1 Å². The van der Waals surface area contributed by atoms with Gasteiger partial charge in [-0.3, -0.25) is 4.79 Å². The van der Waals surface area contributed by atoms with Crippen LogP contribution >= 0.6 is 0 Å². The molecule has 0 saturated carbocycles. The van der Waals surface area contributed by atoms with Crippen molar-refractivity contribution in [2.45, 2.75) is 37.4 Å². The van der Waals surface area contributed by atoms with E-state index in [1.54, 1.807) is 12.1 Å². The standard InChI is InChI=1S/C17H18FN3O/c18-11-3-1-2-10(8-11)13-6-7-15(20-13)17(22)21-16-9-12-4-5-14(16)19-12/h1-3,6-8,12,14,16,19-20H,4-5,9H2,(H,21,22)/t12-,14+,16-/m1/s1. The Bertz CT molecular complexity index is 711. The maximum Gasteiger partial charge on any atom is 0.267 e. The number of nitrogens with one attached hydrogen (secondary N) is 3. The third-order valence-electron chi connectivity index (χ3n) is 4.68. The van der Waals surface area contributed by atoms with E-state index in [0.717, 1.165) is 24.1 Å². The highest BCUT2D eigenvalue weighted by Crippen LogP contribution is 2.28. The highest BCUT2D eigenvalue weighted by molar-refractivity contribution is 5.93. The van der Waals surface area contributed by atoms with Crippen molar-refractivity contribution in [2.75, 3.05) is 0 Å². The molecule has 22 heavy (non-hydrogen) atoms. The molecule has 3 heterocycles. The lowest BCUT2D eigenvalue weighted by Gasteiger charge is -2.21. The molecule has 0 spiro atoms. The van der Waals surface area contributed by atoms with E-state index in [0.29, 0.717) is 17.8 Å². The quantitative estimate of drug-likeness (QED) is 0.815. The molecule has 2 aliphatic rings. The normalized spacial score (nSPS) is 26.3. The predicted molar refractivity (Wildman–Crippen MR) is 82.0 cm³/mol. The largest absolute Gasteiger partial charge is 0.351 e. The number of rotatable bonds is 3. The molecule has 114 valence electrons. The summed E-state index contributed by atoms with van der Waals surface area (Å²) in [6.07, 6.45) is 3.35. The number of carbonyl (C=O) groups is 1. The fourth-order valence-electron chi connectivity index (χ4n) is 3.58. The smallest absolute Gasteiger partial charge is 0.267 e. The van der Waals surface area contributed by atoms with Gasteiger partial charge in [0, 0.05) is 29.4 Å². The van der Waals surface area contributed by atoms with Crippen molar-refractivity contribution in [2.24, 2.45) is 0 Å². The van der Waals surface area contributed by atoms with Crippen molar-refractivity contribution in [1.82, 2.24) is 15.6 Å². The molecule has 0 unspecified atom stereocenters. The van der Waals surface area contributed by atoms with Crippen LogP contribution in [0.4, 0.5) is 4.39 Å². The number of benzene rings is 1. The maximum absolute atomic E-state index is 13.3. The van der Waals surface area contributed by atoms with E-state index >= 15 is 0 Å². The fraction of sp³-hybridized carbons (Fsp3) is 0.353. The van der Waals surface area contributed by atoms with E-state index in [4.69, 9.17) is 0 Å². The Hall–Kier alpha value is -2.14. The Morgan fingerprint density at radius 1 is 1.23 bits per heavy atom. The van der Waals surface area contributed by atoms with Crippen LogP contribution in [0.25, 0.3) is 11.3 Å². The van der Waals surface area contributed by atoms with Crippen LogP contribution in [0.5, 0.6) is 0 Å². The van der Waals surface area contributed by atoms with Crippen molar-refractivity contribution < 1.29 is 9.18 Å². The molecule has 2 bridgehead atoms. The molecular weight excluding hydrogens is 281 g/mol. The van der Waals surface area contributed by atoms with Crippen LogP contribution in [-0.2, 0) is 0 Å². The monoisotopic (exact) mass is 299 g/mol. The summed E-state index contributed by atoms with van der Waals surface area (Å²) in [6, 6.07) is 11.1. The van der Waals surface area contributed by atoms with Crippen LogP contribution in [0.2, 0.25) is 0 Å².